The Balaban J connectivity index is 1.66. The van der Waals surface area contributed by atoms with E-state index in [9.17, 15) is 9.59 Å². The van der Waals surface area contributed by atoms with E-state index in [1.165, 1.54) is 6.08 Å². The first-order valence-corrected chi connectivity index (χ1v) is 10.5. The molecule has 0 aliphatic heterocycles. The first-order valence-electron chi connectivity index (χ1n) is 10.5. The van der Waals surface area contributed by atoms with Crippen LogP contribution in [0.25, 0.3) is 6.08 Å². The van der Waals surface area contributed by atoms with E-state index in [0.717, 1.165) is 22.4 Å². The van der Waals surface area contributed by atoms with E-state index in [-0.39, 0.29) is 18.3 Å². The van der Waals surface area contributed by atoms with Gasteiger partial charge in [0.1, 0.15) is 0 Å². The van der Waals surface area contributed by atoms with Gasteiger partial charge >= 0.3 is 0 Å². The molecule has 0 aliphatic rings. The molecular formula is C27H27NO4. The Morgan fingerprint density at radius 1 is 0.906 bits per heavy atom. The second-order valence-electron chi connectivity index (χ2n) is 7.35. The summed E-state index contributed by atoms with van der Waals surface area (Å²) in [7, 11) is 0. The summed E-state index contributed by atoms with van der Waals surface area (Å²) in [4.78, 5) is 24.7. The summed E-state index contributed by atoms with van der Waals surface area (Å²) in [5.74, 6) is 0.653. The van der Waals surface area contributed by atoms with Crippen molar-refractivity contribution in [2.45, 2.75) is 20.8 Å². The fourth-order valence-electron chi connectivity index (χ4n) is 3.04. The number of allylic oxidation sites excluding steroid dienone is 1. The maximum Gasteiger partial charge on any atom is 0.262 e. The Kier molecular flexibility index (Phi) is 7.81. The molecule has 32 heavy (non-hydrogen) atoms. The molecule has 0 bridgehead atoms. The first-order chi connectivity index (χ1) is 15.5. The minimum atomic E-state index is -0.255. The van der Waals surface area contributed by atoms with Crippen molar-refractivity contribution in [3.8, 4) is 11.5 Å². The van der Waals surface area contributed by atoms with Crippen molar-refractivity contribution in [1.82, 2.24) is 0 Å². The molecule has 0 aromatic heterocycles. The number of anilines is 1. The minimum Gasteiger partial charge on any atom is -0.490 e. The molecule has 164 valence electrons. The smallest absolute Gasteiger partial charge is 0.262 e. The number of hydrogen-bond acceptors (Lipinski definition) is 4. The van der Waals surface area contributed by atoms with Gasteiger partial charge in [-0.2, -0.15) is 0 Å². The quantitative estimate of drug-likeness (QED) is 0.354. The topological polar surface area (TPSA) is 64.6 Å². The molecule has 0 saturated carbocycles. The molecular weight excluding hydrogens is 402 g/mol. The zero-order valence-electron chi connectivity index (χ0n) is 18.6. The minimum absolute atomic E-state index is 0.0730. The van der Waals surface area contributed by atoms with Gasteiger partial charge in [-0.25, -0.2) is 0 Å². The average molecular weight is 430 g/mol. The molecule has 3 rings (SSSR count). The predicted octanol–water partition coefficient (Wildman–Crippen LogP) is 5.62. The van der Waals surface area contributed by atoms with E-state index in [1.54, 1.807) is 18.2 Å². The number of nitrogens with one attached hydrogen (secondary N) is 1. The normalized spacial score (nSPS) is 10.7. The van der Waals surface area contributed by atoms with Gasteiger partial charge < -0.3 is 14.8 Å². The van der Waals surface area contributed by atoms with Gasteiger partial charge in [0, 0.05) is 11.3 Å². The van der Waals surface area contributed by atoms with Crippen LogP contribution in [0.4, 0.5) is 5.69 Å². The molecule has 3 aromatic rings. The van der Waals surface area contributed by atoms with Crippen molar-refractivity contribution in [3.05, 3.63) is 95.1 Å². The predicted molar refractivity (Wildman–Crippen MR) is 127 cm³/mol. The van der Waals surface area contributed by atoms with Crippen LogP contribution in [0.15, 0.2) is 72.8 Å². The Hall–Kier alpha value is -3.86. The summed E-state index contributed by atoms with van der Waals surface area (Å²) in [6.07, 6.45) is 3.27. The monoisotopic (exact) mass is 429 g/mol. The number of rotatable bonds is 9. The molecule has 1 N–H and O–H groups in total. The van der Waals surface area contributed by atoms with Crippen LogP contribution in [0.2, 0.25) is 0 Å². The third-order valence-corrected chi connectivity index (χ3v) is 4.81. The lowest BCUT2D eigenvalue weighted by atomic mass is 10.1. The van der Waals surface area contributed by atoms with Crippen molar-refractivity contribution >= 4 is 23.5 Å². The molecule has 0 heterocycles. The molecule has 0 radical (unpaired) electrons. The number of para-hydroxylation sites is 1. The fourth-order valence-corrected chi connectivity index (χ4v) is 3.04. The number of hydrogen-bond donors (Lipinski definition) is 1. The molecule has 3 aromatic carbocycles. The zero-order valence-corrected chi connectivity index (χ0v) is 18.6. The van der Waals surface area contributed by atoms with Crippen LogP contribution in [0.3, 0.4) is 0 Å². The van der Waals surface area contributed by atoms with E-state index < -0.39 is 0 Å². The van der Waals surface area contributed by atoms with Crippen LogP contribution >= 0.6 is 0 Å². The van der Waals surface area contributed by atoms with Crippen molar-refractivity contribution < 1.29 is 19.1 Å². The van der Waals surface area contributed by atoms with Gasteiger partial charge in [-0.1, -0.05) is 60.2 Å². The van der Waals surface area contributed by atoms with Gasteiger partial charge in [0.25, 0.3) is 5.91 Å². The van der Waals surface area contributed by atoms with Crippen molar-refractivity contribution in [2.24, 2.45) is 0 Å². The van der Waals surface area contributed by atoms with Gasteiger partial charge in [-0.05, 0) is 56.2 Å². The Bertz CT molecular complexity index is 1120. The lowest BCUT2D eigenvalue weighted by Crippen LogP contribution is -2.20. The molecule has 1 amide bonds. The molecule has 0 fully saturated rings. The third-order valence-electron chi connectivity index (χ3n) is 4.81. The largest absolute Gasteiger partial charge is 0.490 e. The van der Waals surface area contributed by atoms with Crippen molar-refractivity contribution in [2.75, 3.05) is 18.5 Å². The summed E-state index contributed by atoms with van der Waals surface area (Å²) in [6, 6.07) is 20.4. The van der Waals surface area contributed by atoms with Crippen LogP contribution in [0.5, 0.6) is 11.5 Å². The van der Waals surface area contributed by atoms with Crippen LogP contribution in [-0.2, 0) is 4.79 Å². The van der Waals surface area contributed by atoms with Crippen LogP contribution in [0, 0.1) is 13.8 Å². The Labute approximate surface area is 188 Å². The van der Waals surface area contributed by atoms with Gasteiger partial charge in [0.05, 0.1) is 6.61 Å². The van der Waals surface area contributed by atoms with Crippen LogP contribution < -0.4 is 14.8 Å². The van der Waals surface area contributed by atoms with Gasteiger partial charge in [0.15, 0.2) is 23.9 Å². The lowest BCUT2D eigenvalue weighted by molar-refractivity contribution is -0.118. The van der Waals surface area contributed by atoms with E-state index in [0.29, 0.717) is 23.7 Å². The number of ketones is 1. The number of amides is 1. The van der Waals surface area contributed by atoms with Crippen LogP contribution in [-0.4, -0.2) is 24.9 Å². The first kappa shape index (κ1) is 22.8. The van der Waals surface area contributed by atoms with E-state index in [2.05, 4.69) is 5.32 Å². The molecule has 0 unspecified atom stereocenters. The highest BCUT2D eigenvalue weighted by molar-refractivity contribution is 6.06. The molecule has 0 aliphatic carbocycles. The molecule has 0 atom stereocenters. The standard InChI is InChI=1S/C27H27NO4/c1-4-31-26-17-21(11-15-24(29)22-13-9-19(2)10-14-22)12-16-25(26)32-18-27(30)28-23-8-6-5-7-20(23)3/h5-17H,4,18H2,1-3H3,(H,28,30)/b15-11+. The SMILES string of the molecule is CCOc1cc(/C=C/C(=O)c2ccc(C)cc2)ccc1OCC(=O)Nc1ccccc1C. The highest BCUT2D eigenvalue weighted by atomic mass is 16.5. The summed E-state index contributed by atoms with van der Waals surface area (Å²) >= 11 is 0. The molecule has 0 spiro atoms. The lowest BCUT2D eigenvalue weighted by Gasteiger charge is -2.13. The highest BCUT2D eigenvalue weighted by Gasteiger charge is 2.10. The summed E-state index contributed by atoms with van der Waals surface area (Å²) in [6.45, 7) is 6.09. The number of aryl methyl sites for hydroxylation is 2. The van der Waals surface area contributed by atoms with Gasteiger partial charge in [-0.3, -0.25) is 9.59 Å². The van der Waals surface area contributed by atoms with E-state index in [1.807, 2.05) is 75.4 Å². The van der Waals surface area contributed by atoms with E-state index >= 15 is 0 Å². The second kappa shape index (κ2) is 11.0. The highest BCUT2D eigenvalue weighted by Crippen LogP contribution is 2.29. The number of ether oxygens (including phenoxy) is 2. The third kappa shape index (κ3) is 6.32. The average Bonchev–Trinajstić information content (AvgIpc) is 2.79. The maximum absolute atomic E-state index is 12.4. The number of benzene rings is 3. The summed E-state index contributed by atoms with van der Waals surface area (Å²) in [5.41, 5.74) is 4.27. The fraction of sp³-hybridized carbons (Fsp3) is 0.185. The van der Waals surface area contributed by atoms with Gasteiger partial charge in [-0.15, -0.1) is 0 Å². The maximum atomic E-state index is 12.4. The molecule has 5 heteroatoms. The molecule has 5 nitrogen and oxygen atoms in total. The zero-order chi connectivity index (χ0) is 22.9. The number of carbonyl (C=O) groups excluding carboxylic acids is 2. The summed E-state index contributed by atoms with van der Waals surface area (Å²) in [5, 5.41) is 2.84. The summed E-state index contributed by atoms with van der Waals surface area (Å²) < 4.78 is 11.4. The van der Waals surface area contributed by atoms with Crippen molar-refractivity contribution in [1.29, 1.82) is 0 Å². The van der Waals surface area contributed by atoms with Crippen molar-refractivity contribution in [3.63, 3.8) is 0 Å². The number of carbonyl (C=O) groups is 2. The Morgan fingerprint density at radius 3 is 2.38 bits per heavy atom. The van der Waals surface area contributed by atoms with Gasteiger partial charge in [0.2, 0.25) is 0 Å². The van der Waals surface area contributed by atoms with E-state index in [4.69, 9.17) is 9.47 Å². The van der Waals surface area contributed by atoms with Crippen LogP contribution in [0.1, 0.15) is 34.0 Å². The second-order valence-corrected chi connectivity index (χ2v) is 7.35. The Morgan fingerprint density at radius 2 is 1.66 bits per heavy atom. The molecule has 0 saturated heterocycles.